The van der Waals surface area contributed by atoms with Crippen LogP contribution in [-0.4, -0.2) is 16.1 Å². The van der Waals surface area contributed by atoms with Crippen LogP contribution >= 0.6 is 34.7 Å². The van der Waals surface area contributed by atoms with Crippen LogP contribution < -0.4 is 5.32 Å². The van der Waals surface area contributed by atoms with E-state index in [9.17, 15) is 4.79 Å². The van der Waals surface area contributed by atoms with Crippen molar-refractivity contribution in [1.29, 1.82) is 0 Å². The van der Waals surface area contributed by atoms with Gasteiger partial charge in [-0.2, -0.15) is 0 Å². The fourth-order valence-corrected chi connectivity index (χ4v) is 2.79. The second-order valence-corrected chi connectivity index (χ2v) is 6.29. The maximum absolute atomic E-state index is 11.9. The maximum atomic E-state index is 11.9. The van der Waals surface area contributed by atoms with Crippen LogP contribution in [0.5, 0.6) is 0 Å². The molecule has 0 spiro atoms. The molecule has 1 aromatic carbocycles. The van der Waals surface area contributed by atoms with Crippen molar-refractivity contribution in [3.8, 4) is 0 Å². The number of anilines is 1. The third-order valence-corrected chi connectivity index (χ3v) is 4.21. The Morgan fingerprint density at radius 2 is 2.17 bits per heavy atom. The molecule has 0 unspecified atom stereocenters. The number of thioether (sulfide) groups is 1. The number of benzene rings is 1. The summed E-state index contributed by atoms with van der Waals surface area (Å²) in [5, 5.41) is 5.74. The van der Waals surface area contributed by atoms with Crippen molar-refractivity contribution in [2.75, 3.05) is 5.32 Å². The second-order valence-electron chi connectivity index (χ2n) is 3.54. The van der Waals surface area contributed by atoms with Gasteiger partial charge in [0.05, 0.1) is 5.25 Å². The molecule has 94 valence electrons. The molecule has 6 heteroatoms. The lowest BCUT2D eigenvalue weighted by Gasteiger charge is -2.10. The zero-order chi connectivity index (χ0) is 13.0. The number of hydrogen-bond donors (Lipinski definition) is 1. The van der Waals surface area contributed by atoms with Gasteiger partial charge in [0, 0.05) is 21.5 Å². The number of rotatable bonds is 4. The molecule has 1 N–H and O–H groups in total. The van der Waals surface area contributed by atoms with Gasteiger partial charge in [0.1, 0.15) is 0 Å². The van der Waals surface area contributed by atoms with E-state index in [1.165, 1.54) is 23.1 Å². The normalized spacial score (nSPS) is 12.1. The average molecular weight is 299 g/mol. The molecule has 1 heterocycles. The summed E-state index contributed by atoms with van der Waals surface area (Å²) in [6.07, 6.45) is 1.66. The molecular weight excluding hydrogens is 288 g/mol. The van der Waals surface area contributed by atoms with Crippen LogP contribution in [0.3, 0.4) is 0 Å². The summed E-state index contributed by atoms with van der Waals surface area (Å²) < 4.78 is 0. The van der Waals surface area contributed by atoms with E-state index in [1.807, 2.05) is 36.6 Å². The Labute approximate surface area is 119 Å². The molecule has 0 aliphatic carbocycles. The summed E-state index contributed by atoms with van der Waals surface area (Å²) in [7, 11) is 0. The number of nitrogens with zero attached hydrogens (tertiary/aromatic N) is 1. The highest BCUT2D eigenvalue weighted by Crippen LogP contribution is 2.25. The number of carbonyl (C=O) groups is 1. The Kier molecular flexibility index (Phi) is 4.63. The third kappa shape index (κ3) is 3.73. The van der Waals surface area contributed by atoms with Crippen molar-refractivity contribution in [2.45, 2.75) is 17.1 Å². The second kappa shape index (κ2) is 6.22. The van der Waals surface area contributed by atoms with Crippen molar-refractivity contribution < 1.29 is 4.79 Å². The third-order valence-electron chi connectivity index (χ3n) is 2.16. The van der Waals surface area contributed by atoms with E-state index in [2.05, 4.69) is 10.3 Å². The predicted octanol–water partition coefficient (Wildman–Crippen LogP) is 3.92. The zero-order valence-corrected chi connectivity index (χ0v) is 12.0. The van der Waals surface area contributed by atoms with Gasteiger partial charge in [0.2, 0.25) is 5.91 Å². The summed E-state index contributed by atoms with van der Waals surface area (Å²) >= 11 is 8.71. The van der Waals surface area contributed by atoms with Crippen molar-refractivity contribution in [3.05, 3.63) is 40.9 Å². The van der Waals surface area contributed by atoms with Crippen LogP contribution in [0, 0.1) is 0 Å². The smallest absolute Gasteiger partial charge is 0.239 e. The van der Waals surface area contributed by atoms with E-state index >= 15 is 0 Å². The van der Waals surface area contributed by atoms with Gasteiger partial charge >= 0.3 is 0 Å². The molecule has 0 saturated carbocycles. The summed E-state index contributed by atoms with van der Waals surface area (Å²) in [4.78, 5) is 16.9. The molecular formula is C12H11ClN2OS2. The molecule has 2 aromatic rings. The van der Waals surface area contributed by atoms with E-state index in [1.54, 1.807) is 6.20 Å². The van der Waals surface area contributed by atoms with Gasteiger partial charge in [0.15, 0.2) is 5.13 Å². The van der Waals surface area contributed by atoms with Crippen molar-refractivity contribution in [2.24, 2.45) is 0 Å². The quantitative estimate of drug-likeness (QED) is 0.870. The summed E-state index contributed by atoms with van der Waals surface area (Å²) in [6, 6.07) is 7.44. The maximum Gasteiger partial charge on any atom is 0.239 e. The largest absolute Gasteiger partial charge is 0.301 e. The lowest BCUT2D eigenvalue weighted by atomic mass is 10.4. The molecule has 2 rings (SSSR count). The molecule has 0 radical (unpaired) electrons. The summed E-state index contributed by atoms with van der Waals surface area (Å²) in [5.41, 5.74) is 0. The molecule has 1 aromatic heterocycles. The first-order chi connectivity index (χ1) is 8.65. The number of aromatic nitrogens is 1. The van der Waals surface area contributed by atoms with E-state index in [0.717, 1.165) is 4.90 Å². The highest BCUT2D eigenvalue weighted by molar-refractivity contribution is 8.00. The van der Waals surface area contributed by atoms with Crippen molar-refractivity contribution >= 4 is 45.7 Å². The first kappa shape index (κ1) is 13.4. The molecule has 1 amide bonds. The van der Waals surface area contributed by atoms with Crippen molar-refractivity contribution in [1.82, 2.24) is 4.98 Å². The molecule has 0 saturated heterocycles. The molecule has 3 nitrogen and oxygen atoms in total. The highest BCUT2D eigenvalue weighted by Gasteiger charge is 2.15. The van der Waals surface area contributed by atoms with Crippen LogP contribution in [0.15, 0.2) is 40.7 Å². The number of hydrogen-bond acceptors (Lipinski definition) is 4. The minimum Gasteiger partial charge on any atom is -0.301 e. The zero-order valence-electron chi connectivity index (χ0n) is 9.59. The molecule has 0 aliphatic heterocycles. The molecule has 0 bridgehead atoms. The van der Waals surface area contributed by atoms with E-state index in [-0.39, 0.29) is 11.2 Å². The number of nitrogens with one attached hydrogen (secondary N) is 1. The van der Waals surface area contributed by atoms with Gasteiger partial charge in [-0.15, -0.1) is 23.1 Å². The van der Waals surface area contributed by atoms with Crippen LogP contribution in [0.4, 0.5) is 5.13 Å². The highest BCUT2D eigenvalue weighted by atomic mass is 35.5. The van der Waals surface area contributed by atoms with Crippen LogP contribution in [0.25, 0.3) is 0 Å². The Morgan fingerprint density at radius 3 is 2.78 bits per heavy atom. The summed E-state index contributed by atoms with van der Waals surface area (Å²) in [6.45, 7) is 1.86. The van der Waals surface area contributed by atoms with Gasteiger partial charge < -0.3 is 5.32 Å². The topological polar surface area (TPSA) is 42.0 Å². The van der Waals surface area contributed by atoms with Gasteiger partial charge in [-0.05, 0) is 31.2 Å². The Balaban J connectivity index is 1.93. The first-order valence-electron chi connectivity index (χ1n) is 5.28. The van der Waals surface area contributed by atoms with E-state index in [4.69, 9.17) is 11.6 Å². The van der Waals surface area contributed by atoms with E-state index < -0.39 is 0 Å². The molecule has 0 fully saturated rings. The fourth-order valence-electron chi connectivity index (χ4n) is 1.26. The minimum atomic E-state index is -0.185. The SMILES string of the molecule is C[C@@H](Sc1ccc(Cl)cc1)C(=O)Nc1nccs1. The van der Waals surface area contributed by atoms with Gasteiger partial charge in [-0.25, -0.2) is 4.98 Å². The number of halogens is 1. The standard InChI is InChI=1S/C12H11ClN2OS2/c1-8(11(16)15-12-14-6-7-17-12)18-10-4-2-9(13)3-5-10/h2-8H,1H3,(H,14,15,16)/t8-/m1/s1. The fraction of sp³-hybridized carbons (Fsp3) is 0.167. The van der Waals surface area contributed by atoms with Crippen LogP contribution in [0.2, 0.25) is 5.02 Å². The van der Waals surface area contributed by atoms with E-state index in [0.29, 0.717) is 10.2 Å². The monoisotopic (exact) mass is 298 g/mol. The van der Waals surface area contributed by atoms with Gasteiger partial charge in [0.25, 0.3) is 0 Å². The number of thiazole rings is 1. The molecule has 18 heavy (non-hydrogen) atoms. The van der Waals surface area contributed by atoms with Crippen LogP contribution in [-0.2, 0) is 4.79 Å². The first-order valence-corrected chi connectivity index (χ1v) is 7.41. The Morgan fingerprint density at radius 1 is 1.44 bits per heavy atom. The van der Waals surface area contributed by atoms with Crippen LogP contribution in [0.1, 0.15) is 6.92 Å². The van der Waals surface area contributed by atoms with Gasteiger partial charge in [-0.1, -0.05) is 11.6 Å². The summed E-state index contributed by atoms with van der Waals surface area (Å²) in [5.74, 6) is -0.0510. The average Bonchev–Trinajstić information content (AvgIpc) is 2.85. The number of carbonyl (C=O) groups excluding carboxylic acids is 1. The lowest BCUT2D eigenvalue weighted by Crippen LogP contribution is -2.22. The Bertz CT molecular complexity index is 513. The predicted molar refractivity (Wildman–Crippen MR) is 77.5 cm³/mol. The minimum absolute atomic E-state index is 0.0510. The van der Waals surface area contributed by atoms with Crippen molar-refractivity contribution in [3.63, 3.8) is 0 Å². The van der Waals surface area contributed by atoms with Gasteiger partial charge in [-0.3, -0.25) is 4.79 Å². The molecule has 0 aliphatic rings. The lowest BCUT2D eigenvalue weighted by molar-refractivity contribution is -0.115. The molecule has 1 atom stereocenters. The number of amides is 1. The Hall–Kier alpha value is -1.04.